The second-order valence-electron chi connectivity index (χ2n) is 6.78. The average Bonchev–Trinajstić information content (AvgIpc) is 2.95. The normalized spacial score (nSPS) is 16.0. The van der Waals surface area contributed by atoms with Gasteiger partial charge in [-0.15, -0.1) is 0 Å². The SMILES string of the molecule is Cc1ccc(-c2noc([C@H](NC(=O)C3CCC3)C(C)C)n2)cc1Cl. The summed E-state index contributed by atoms with van der Waals surface area (Å²) < 4.78 is 5.43. The van der Waals surface area contributed by atoms with Crippen LogP contribution in [-0.4, -0.2) is 16.0 Å². The number of carbonyl (C=O) groups is 1. The molecule has 1 fully saturated rings. The largest absolute Gasteiger partial charge is 0.344 e. The predicted molar refractivity (Wildman–Crippen MR) is 92.5 cm³/mol. The maximum Gasteiger partial charge on any atom is 0.249 e. The van der Waals surface area contributed by atoms with E-state index in [1.54, 1.807) is 0 Å². The maximum absolute atomic E-state index is 12.3. The third kappa shape index (κ3) is 3.46. The summed E-state index contributed by atoms with van der Waals surface area (Å²) in [5.74, 6) is 1.28. The van der Waals surface area contributed by atoms with Crippen molar-refractivity contribution in [2.45, 2.75) is 46.1 Å². The summed E-state index contributed by atoms with van der Waals surface area (Å²) in [6.45, 7) is 6.00. The first-order valence-electron chi connectivity index (χ1n) is 8.36. The van der Waals surface area contributed by atoms with Crippen LogP contribution in [0, 0.1) is 18.8 Å². The number of amides is 1. The Bertz CT molecular complexity index is 738. The first-order valence-corrected chi connectivity index (χ1v) is 8.74. The van der Waals surface area contributed by atoms with E-state index < -0.39 is 0 Å². The van der Waals surface area contributed by atoms with Crippen LogP contribution in [0.2, 0.25) is 5.02 Å². The van der Waals surface area contributed by atoms with E-state index in [-0.39, 0.29) is 23.8 Å². The fourth-order valence-corrected chi connectivity index (χ4v) is 2.85. The van der Waals surface area contributed by atoms with Crippen LogP contribution in [-0.2, 0) is 4.79 Å². The summed E-state index contributed by atoms with van der Waals surface area (Å²) in [4.78, 5) is 16.7. The van der Waals surface area contributed by atoms with E-state index in [4.69, 9.17) is 16.1 Å². The van der Waals surface area contributed by atoms with Crippen LogP contribution in [0.1, 0.15) is 50.6 Å². The van der Waals surface area contributed by atoms with Gasteiger partial charge in [0, 0.05) is 16.5 Å². The van der Waals surface area contributed by atoms with Gasteiger partial charge in [0.25, 0.3) is 0 Å². The molecule has 1 atom stereocenters. The zero-order valence-electron chi connectivity index (χ0n) is 14.2. The lowest BCUT2D eigenvalue weighted by Crippen LogP contribution is -2.38. The monoisotopic (exact) mass is 347 g/mol. The standard InChI is InChI=1S/C18H22ClN3O2/c1-10(2)15(20-17(23)12-5-4-6-12)18-21-16(22-24-18)13-8-7-11(3)14(19)9-13/h7-10,12,15H,4-6H2,1-3H3,(H,20,23)/t15-/m1/s1. The van der Waals surface area contributed by atoms with Crippen molar-refractivity contribution in [2.75, 3.05) is 0 Å². The van der Waals surface area contributed by atoms with Crippen LogP contribution in [0.25, 0.3) is 11.4 Å². The molecule has 0 saturated heterocycles. The highest BCUT2D eigenvalue weighted by atomic mass is 35.5. The number of aromatic nitrogens is 2. The molecule has 1 aliphatic rings. The molecular weight excluding hydrogens is 326 g/mol. The van der Waals surface area contributed by atoms with Gasteiger partial charge >= 0.3 is 0 Å². The van der Waals surface area contributed by atoms with E-state index >= 15 is 0 Å². The van der Waals surface area contributed by atoms with E-state index in [2.05, 4.69) is 15.5 Å². The highest BCUT2D eigenvalue weighted by Crippen LogP contribution is 2.30. The molecule has 3 rings (SSSR count). The molecule has 1 amide bonds. The Morgan fingerprint density at radius 3 is 2.71 bits per heavy atom. The van der Waals surface area contributed by atoms with E-state index in [9.17, 15) is 4.79 Å². The Morgan fingerprint density at radius 1 is 1.38 bits per heavy atom. The van der Waals surface area contributed by atoms with Gasteiger partial charge in [-0.2, -0.15) is 4.98 Å². The van der Waals surface area contributed by atoms with Crippen LogP contribution in [0.4, 0.5) is 0 Å². The molecule has 1 saturated carbocycles. The number of nitrogens with one attached hydrogen (secondary N) is 1. The average molecular weight is 348 g/mol. The topological polar surface area (TPSA) is 68.0 Å². The predicted octanol–water partition coefficient (Wildman–Crippen LogP) is 4.31. The van der Waals surface area contributed by atoms with Gasteiger partial charge in [0.05, 0.1) is 0 Å². The van der Waals surface area contributed by atoms with Crippen molar-refractivity contribution in [1.29, 1.82) is 0 Å². The van der Waals surface area contributed by atoms with Gasteiger partial charge in [-0.1, -0.05) is 49.2 Å². The van der Waals surface area contributed by atoms with E-state index in [0.717, 1.165) is 30.4 Å². The number of carbonyl (C=O) groups excluding carboxylic acids is 1. The Hall–Kier alpha value is -1.88. The molecule has 0 radical (unpaired) electrons. The number of hydrogen-bond donors (Lipinski definition) is 1. The van der Waals surface area contributed by atoms with Gasteiger partial charge in [0.2, 0.25) is 17.6 Å². The van der Waals surface area contributed by atoms with Gasteiger partial charge in [-0.3, -0.25) is 4.79 Å². The molecule has 0 unspecified atom stereocenters. The summed E-state index contributed by atoms with van der Waals surface area (Å²) in [5.41, 5.74) is 1.80. The first-order chi connectivity index (χ1) is 11.5. The second-order valence-corrected chi connectivity index (χ2v) is 7.19. The Labute approximate surface area is 146 Å². The molecule has 0 bridgehead atoms. The van der Waals surface area contributed by atoms with Crippen LogP contribution in [0.3, 0.4) is 0 Å². The third-order valence-electron chi connectivity index (χ3n) is 4.58. The number of nitrogens with zero attached hydrogens (tertiary/aromatic N) is 2. The molecule has 128 valence electrons. The minimum Gasteiger partial charge on any atom is -0.344 e. The van der Waals surface area contributed by atoms with Crippen molar-refractivity contribution in [3.8, 4) is 11.4 Å². The van der Waals surface area contributed by atoms with Crippen molar-refractivity contribution in [1.82, 2.24) is 15.5 Å². The van der Waals surface area contributed by atoms with Crippen LogP contribution in [0.15, 0.2) is 22.7 Å². The fraction of sp³-hybridized carbons (Fsp3) is 0.500. The molecular formula is C18H22ClN3O2. The zero-order valence-corrected chi connectivity index (χ0v) is 14.9. The summed E-state index contributed by atoms with van der Waals surface area (Å²) in [6.07, 6.45) is 3.06. The van der Waals surface area contributed by atoms with Crippen molar-refractivity contribution >= 4 is 17.5 Å². The van der Waals surface area contributed by atoms with Gasteiger partial charge < -0.3 is 9.84 Å². The lowest BCUT2D eigenvalue weighted by Gasteiger charge is -2.27. The van der Waals surface area contributed by atoms with Crippen LogP contribution in [0.5, 0.6) is 0 Å². The first kappa shape index (κ1) is 17.0. The summed E-state index contributed by atoms with van der Waals surface area (Å²) in [6, 6.07) is 5.38. The molecule has 1 heterocycles. The molecule has 1 aliphatic carbocycles. The minimum atomic E-state index is -0.278. The second kappa shape index (κ2) is 6.93. The molecule has 1 aromatic heterocycles. The lowest BCUT2D eigenvalue weighted by atomic mass is 9.84. The number of benzene rings is 1. The molecule has 2 aromatic rings. The number of hydrogen-bond acceptors (Lipinski definition) is 4. The van der Waals surface area contributed by atoms with Gasteiger partial charge in [-0.25, -0.2) is 0 Å². The van der Waals surface area contributed by atoms with Gasteiger partial charge in [0.15, 0.2) is 0 Å². The lowest BCUT2D eigenvalue weighted by molar-refractivity contribution is -0.128. The molecule has 1 N–H and O–H groups in total. The summed E-state index contributed by atoms with van der Waals surface area (Å²) in [5, 5.41) is 7.77. The maximum atomic E-state index is 12.3. The highest BCUT2D eigenvalue weighted by molar-refractivity contribution is 6.31. The highest BCUT2D eigenvalue weighted by Gasteiger charge is 2.30. The molecule has 1 aromatic carbocycles. The van der Waals surface area contributed by atoms with E-state index in [1.165, 1.54) is 0 Å². The zero-order chi connectivity index (χ0) is 17.3. The van der Waals surface area contributed by atoms with Crippen molar-refractivity contribution < 1.29 is 9.32 Å². The van der Waals surface area contributed by atoms with Crippen LogP contribution < -0.4 is 5.32 Å². The van der Waals surface area contributed by atoms with E-state index in [0.29, 0.717) is 16.7 Å². The van der Waals surface area contributed by atoms with Crippen molar-refractivity contribution in [3.63, 3.8) is 0 Å². The molecule has 6 heteroatoms. The molecule has 0 aliphatic heterocycles. The molecule has 0 spiro atoms. The Balaban J connectivity index is 1.80. The van der Waals surface area contributed by atoms with Gasteiger partial charge in [0.1, 0.15) is 6.04 Å². The third-order valence-corrected chi connectivity index (χ3v) is 4.99. The Morgan fingerprint density at radius 2 is 2.12 bits per heavy atom. The smallest absolute Gasteiger partial charge is 0.249 e. The van der Waals surface area contributed by atoms with Gasteiger partial charge in [-0.05, 0) is 37.3 Å². The van der Waals surface area contributed by atoms with Crippen molar-refractivity contribution in [2.24, 2.45) is 11.8 Å². The molecule has 5 nitrogen and oxygen atoms in total. The number of aryl methyl sites for hydroxylation is 1. The minimum absolute atomic E-state index is 0.0816. The molecule has 24 heavy (non-hydrogen) atoms. The quantitative estimate of drug-likeness (QED) is 0.874. The Kier molecular flexibility index (Phi) is 4.90. The van der Waals surface area contributed by atoms with E-state index in [1.807, 2.05) is 39.0 Å². The number of rotatable bonds is 5. The number of halogens is 1. The van der Waals surface area contributed by atoms with Crippen LogP contribution >= 0.6 is 11.6 Å². The fourth-order valence-electron chi connectivity index (χ4n) is 2.67. The summed E-state index contributed by atoms with van der Waals surface area (Å²) >= 11 is 6.17. The van der Waals surface area contributed by atoms with Crippen molar-refractivity contribution in [3.05, 3.63) is 34.7 Å². The summed E-state index contributed by atoms with van der Waals surface area (Å²) in [7, 11) is 0.